The molecule has 0 aliphatic heterocycles. The van der Waals surface area contributed by atoms with Gasteiger partial charge in [0.25, 0.3) is 0 Å². The minimum Gasteiger partial charge on any atom is -0.481 e. The van der Waals surface area contributed by atoms with Crippen LogP contribution in [-0.4, -0.2) is 56.4 Å². The third kappa shape index (κ3) is 2.66. The van der Waals surface area contributed by atoms with Gasteiger partial charge in [-0.05, 0) is 12.8 Å². The van der Waals surface area contributed by atoms with Crippen molar-refractivity contribution >= 4 is 5.97 Å². The molecule has 0 heterocycles. The van der Waals surface area contributed by atoms with Gasteiger partial charge >= 0.3 is 5.97 Å². The summed E-state index contributed by atoms with van der Waals surface area (Å²) in [6.07, 6.45) is -3.49. The minimum absolute atomic E-state index is 0.0227. The van der Waals surface area contributed by atoms with Gasteiger partial charge in [0.1, 0.15) is 0 Å². The van der Waals surface area contributed by atoms with E-state index in [0.29, 0.717) is 0 Å². The average Bonchev–Trinajstić information content (AvgIpc) is 2.20. The molecule has 6 heteroatoms. The molecule has 0 aromatic carbocycles. The fourth-order valence-corrected chi connectivity index (χ4v) is 2.00. The van der Waals surface area contributed by atoms with E-state index in [1.165, 1.54) is 0 Å². The van der Waals surface area contributed by atoms with E-state index < -0.39 is 42.7 Å². The highest BCUT2D eigenvalue weighted by Gasteiger charge is 2.41. The van der Waals surface area contributed by atoms with E-state index in [0.717, 1.165) is 0 Å². The van der Waals surface area contributed by atoms with Crippen molar-refractivity contribution in [3.05, 3.63) is 0 Å². The van der Waals surface area contributed by atoms with Gasteiger partial charge in [-0.3, -0.25) is 4.79 Å². The molecule has 0 unspecified atom stereocenters. The first-order chi connectivity index (χ1) is 6.97. The van der Waals surface area contributed by atoms with Gasteiger partial charge in [0.05, 0.1) is 30.8 Å². The normalized spacial score (nSPS) is 38.7. The molecule has 5 atom stereocenters. The molecule has 88 valence electrons. The molecule has 1 saturated carbocycles. The lowest BCUT2D eigenvalue weighted by Crippen LogP contribution is -2.48. The SMILES string of the molecule is O=C(O)[C@@H]1C[C@H]([C@H](O)CO)[C@H](O)[C@H](O)C1. The summed E-state index contributed by atoms with van der Waals surface area (Å²) in [5.74, 6) is -2.63. The van der Waals surface area contributed by atoms with Crippen LogP contribution < -0.4 is 0 Å². The Bertz CT molecular complexity index is 231. The molecule has 1 rings (SSSR count). The van der Waals surface area contributed by atoms with Crippen molar-refractivity contribution in [2.24, 2.45) is 11.8 Å². The zero-order chi connectivity index (χ0) is 11.6. The Hall–Kier alpha value is -0.690. The monoisotopic (exact) mass is 220 g/mol. The number of aliphatic carboxylic acids is 1. The Morgan fingerprint density at radius 3 is 2.40 bits per heavy atom. The molecule has 5 N–H and O–H groups in total. The van der Waals surface area contributed by atoms with Crippen molar-refractivity contribution in [3.63, 3.8) is 0 Å². The van der Waals surface area contributed by atoms with Crippen molar-refractivity contribution < 1.29 is 30.3 Å². The van der Waals surface area contributed by atoms with E-state index in [-0.39, 0.29) is 12.8 Å². The molecule has 0 aromatic heterocycles. The van der Waals surface area contributed by atoms with Gasteiger partial charge in [-0.25, -0.2) is 0 Å². The fraction of sp³-hybridized carbons (Fsp3) is 0.889. The molecule has 6 nitrogen and oxygen atoms in total. The number of hydrogen-bond acceptors (Lipinski definition) is 5. The maximum atomic E-state index is 10.7. The molecule has 1 aliphatic rings. The van der Waals surface area contributed by atoms with E-state index in [9.17, 15) is 20.1 Å². The number of rotatable bonds is 3. The van der Waals surface area contributed by atoms with Gasteiger partial charge in [0.15, 0.2) is 0 Å². The third-order valence-corrected chi connectivity index (χ3v) is 2.95. The summed E-state index contributed by atoms with van der Waals surface area (Å²) in [4.78, 5) is 10.7. The van der Waals surface area contributed by atoms with E-state index >= 15 is 0 Å². The molecule has 15 heavy (non-hydrogen) atoms. The lowest BCUT2D eigenvalue weighted by molar-refractivity contribution is -0.153. The quantitative estimate of drug-likeness (QED) is 0.382. The lowest BCUT2D eigenvalue weighted by atomic mass is 9.75. The summed E-state index contributed by atoms with van der Waals surface area (Å²) in [6.45, 7) is -0.555. The van der Waals surface area contributed by atoms with Crippen molar-refractivity contribution in [1.82, 2.24) is 0 Å². The summed E-state index contributed by atoms with van der Waals surface area (Å²) < 4.78 is 0. The molecule has 0 amide bonds. The summed E-state index contributed by atoms with van der Waals surface area (Å²) in [7, 11) is 0. The zero-order valence-electron chi connectivity index (χ0n) is 8.15. The van der Waals surface area contributed by atoms with E-state index in [1.54, 1.807) is 0 Å². The number of hydrogen-bond donors (Lipinski definition) is 5. The second-order valence-corrected chi connectivity index (χ2v) is 3.98. The maximum Gasteiger partial charge on any atom is 0.306 e. The summed E-state index contributed by atoms with van der Waals surface area (Å²) >= 11 is 0. The predicted molar refractivity (Wildman–Crippen MR) is 49.0 cm³/mol. The molecule has 1 aliphatic carbocycles. The summed E-state index contributed by atoms with van der Waals surface area (Å²) in [6, 6.07) is 0. The smallest absolute Gasteiger partial charge is 0.306 e. The van der Waals surface area contributed by atoms with Crippen LogP contribution in [0.1, 0.15) is 12.8 Å². The van der Waals surface area contributed by atoms with E-state index in [1.807, 2.05) is 0 Å². The number of aliphatic hydroxyl groups is 4. The number of carboxylic acid groups (broad SMARTS) is 1. The maximum absolute atomic E-state index is 10.7. The van der Waals surface area contributed by atoms with E-state index in [2.05, 4.69) is 0 Å². The van der Waals surface area contributed by atoms with Gasteiger partial charge in [0.2, 0.25) is 0 Å². The summed E-state index contributed by atoms with van der Waals surface area (Å²) in [5.41, 5.74) is 0. The molecule has 1 fully saturated rings. The van der Waals surface area contributed by atoms with Crippen molar-refractivity contribution in [2.45, 2.75) is 31.2 Å². The zero-order valence-corrected chi connectivity index (χ0v) is 8.15. The second kappa shape index (κ2) is 4.89. The van der Waals surface area contributed by atoms with Crippen molar-refractivity contribution in [2.75, 3.05) is 6.61 Å². The van der Waals surface area contributed by atoms with Crippen LogP contribution >= 0.6 is 0 Å². The Labute approximate surface area is 86.8 Å². The molecule has 0 saturated heterocycles. The molecule has 0 spiro atoms. The van der Waals surface area contributed by atoms with Crippen LogP contribution in [0.5, 0.6) is 0 Å². The topological polar surface area (TPSA) is 118 Å². The van der Waals surface area contributed by atoms with Crippen LogP contribution in [-0.2, 0) is 4.79 Å². The Morgan fingerprint density at radius 1 is 1.33 bits per heavy atom. The minimum atomic E-state index is -1.20. The Morgan fingerprint density at radius 2 is 1.93 bits per heavy atom. The highest BCUT2D eigenvalue weighted by Crippen LogP contribution is 2.32. The van der Waals surface area contributed by atoms with Gasteiger partial charge in [0, 0.05) is 5.92 Å². The van der Waals surface area contributed by atoms with Crippen molar-refractivity contribution in [3.8, 4) is 0 Å². The van der Waals surface area contributed by atoms with Crippen LogP contribution in [0.3, 0.4) is 0 Å². The Kier molecular flexibility index (Phi) is 4.04. The fourth-order valence-electron chi connectivity index (χ4n) is 2.00. The Balaban J connectivity index is 2.72. The molecular formula is C9H16O6. The first kappa shape index (κ1) is 12.4. The summed E-state index contributed by atoms with van der Waals surface area (Å²) in [5, 5.41) is 45.8. The first-order valence-electron chi connectivity index (χ1n) is 4.85. The van der Waals surface area contributed by atoms with Gasteiger partial charge in [-0.2, -0.15) is 0 Å². The standard InChI is InChI=1S/C9H16O6/c10-3-7(12)5-1-4(9(14)15)2-6(11)8(5)13/h4-8,10-13H,1-3H2,(H,14,15)/t4-,5-,6-,7-,8+/m1/s1. The molecule has 0 bridgehead atoms. The van der Waals surface area contributed by atoms with Crippen LogP contribution in [0, 0.1) is 11.8 Å². The van der Waals surface area contributed by atoms with Crippen LogP contribution in [0.2, 0.25) is 0 Å². The highest BCUT2D eigenvalue weighted by molar-refractivity contribution is 5.70. The molecular weight excluding hydrogens is 204 g/mol. The largest absolute Gasteiger partial charge is 0.481 e. The third-order valence-electron chi connectivity index (χ3n) is 2.95. The number of aliphatic hydroxyl groups excluding tert-OH is 4. The van der Waals surface area contributed by atoms with Crippen LogP contribution in [0.15, 0.2) is 0 Å². The van der Waals surface area contributed by atoms with E-state index in [4.69, 9.17) is 10.2 Å². The van der Waals surface area contributed by atoms with Gasteiger partial charge < -0.3 is 25.5 Å². The predicted octanol–water partition coefficient (Wildman–Crippen LogP) is -1.83. The first-order valence-corrected chi connectivity index (χ1v) is 4.85. The molecule has 0 aromatic rings. The van der Waals surface area contributed by atoms with Gasteiger partial charge in [-0.1, -0.05) is 0 Å². The van der Waals surface area contributed by atoms with Crippen molar-refractivity contribution in [1.29, 1.82) is 0 Å². The van der Waals surface area contributed by atoms with Crippen LogP contribution in [0.25, 0.3) is 0 Å². The number of carboxylic acids is 1. The lowest BCUT2D eigenvalue weighted by Gasteiger charge is -2.37. The molecule has 0 radical (unpaired) electrons. The number of carbonyl (C=O) groups is 1. The van der Waals surface area contributed by atoms with Gasteiger partial charge in [-0.15, -0.1) is 0 Å². The highest BCUT2D eigenvalue weighted by atomic mass is 16.4. The average molecular weight is 220 g/mol. The van der Waals surface area contributed by atoms with Crippen LogP contribution in [0.4, 0.5) is 0 Å². The second-order valence-electron chi connectivity index (χ2n) is 3.98.